The van der Waals surface area contributed by atoms with E-state index in [1.54, 1.807) is 0 Å². The molecule has 0 amide bonds. The molecule has 0 heterocycles. The van der Waals surface area contributed by atoms with Crippen molar-refractivity contribution in [2.45, 2.75) is 88.3 Å². The Hall–Kier alpha value is 0.610. The lowest BCUT2D eigenvalue weighted by atomic mass is 9.65. The number of halogens is 3. The summed E-state index contributed by atoms with van der Waals surface area (Å²) in [6, 6.07) is 0. The molecule has 22 heavy (non-hydrogen) atoms. The average Bonchev–Trinajstić information content (AvgIpc) is 2.51. The predicted molar refractivity (Wildman–Crippen MR) is 103 cm³/mol. The van der Waals surface area contributed by atoms with E-state index in [9.17, 15) is 0 Å². The van der Waals surface area contributed by atoms with E-state index in [0.717, 1.165) is 38.5 Å². The van der Waals surface area contributed by atoms with Gasteiger partial charge in [-0.1, -0.05) is 71.4 Å². The molecule has 0 bridgehead atoms. The van der Waals surface area contributed by atoms with Crippen LogP contribution in [0.15, 0.2) is 12.2 Å². The van der Waals surface area contributed by atoms with Gasteiger partial charge in [0.05, 0.1) is 9.75 Å². The van der Waals surface area contributed by atoms with Crippen LogP contribution in [0.4, 0.5) is 0 Å². The fourth-order valence-electron chi connectivity index (χ4n) is 3.79. The third-order valence-corrected chi connectivity index (χ3v) is 6.86. The fraction of sp³-hybridized carbons (Fsp3) is 0.895. The molecule has 0 radical (unpaired) electrons. The highest BCUT2D eigenvalue weighted by Crippen LogP contribution is 2.54. The summed E-state index contributed by atoms with van der Waals surface area (Å²) in [5, 5.41) is 0. The average molecular weight is 368 g/mol. The Kier molecular flexibility index (Phi) is 9.20. The summed E-state index contributed by atoms with van der Waals surface area (Å²) in [4.78, 5) is -0.569. The molecule has 1 aliphatic carbocycles. The van der Waals surface area contributed by atoms with Gasteiger partial charge in [-0.15, -0.1) is 34.8 Å². The second kappa shape index (κ2) is 9.80. The Bertz CT molecular complexity index is 342. The fourth-order valence-corrected chi connectivity index (χ4v) is 5.40. The molecule has 0 saturated carbocycles. The Morgan fingerprint density at radius 3 is 2.05 bits per heavy atom. The lowest BCUT2D eigenvalue weighted by Crippen LogP contribution is -2.52. The highest BCUT2D eigenvalue weighted by molar-refractivity contribution is 6.29. The summed E-state index contributed by atoms with van der Waals surface area (Å²) >= 11 is 20.7. The second-order valence-electron chi connectivity index (χ2n) is 6.88. The lowest BCUT2D eigenvalue weighted by molar-refractivity contribution is 0.205. The number of hydrogen-bond acceptors (Lipinski definition) is 0. The Labute approximate surface area is 153 Å². The first-order valence-electron chi connectivity index (χ1n) is 9.11. The number of hydrogen-bond donors (Lipinski definition) is 0. The summed E-state index contributed by atoms with van der Waals surface area (Å²) in [6.45, 7) is 6.68. The number of unbranched alkanes of at least 4 members (excludes halogenated alkanes) is 3. The molecule has 0 spiro atoms. The van der Waals surface area contributed by atoms with Crippen molar-refractivity contribution in [3.05, 3.63) is 12.2 Å². The van der Waals surface area contributed by atoms with Crippen molar-refractivity contribution in [2.75, 3.05) is 5.88 Å². The maximum absolute atomic E-state index is 7.26. The van der Waals surface area contributed by atoms with Crippen LogP contribution in [0.1, 0.15) is 78.6 Å². The van der Waals surface area contributed by atoms with Crippen LogP contribution in [0.3, 0.4) is 0 Å². The van der Waals surface area contributed by atoms with Crippen LogP contribution in [0, 0.1) is 11.8 Å². The van der Waals surface area contributed by atoms with Gasteiger partial charge < -0.3 is 0 Å². The minimum absolute atomic E-state index is 0.234. The van der Waals surface area contributed by atoms with E-state index >= 15 is 0 Å². The summed E-state index contributed by atoms with van der Waals surface area (Å²) in [6.07, 6.45) is 14.6. The molecule has 1 rings (SSSR count). The zero-order valence-corrected chi connectivity index (χ0v) is 16.8. The Morgan fingerprint density at radius 1 is 0.909 bits per heavy atom. The normalized spacial score (nSPS) is 35.0. The van der Waals surface area contributed by atoms with E-state index in [1.165, 1.54) is 19.3 Å². The van der Waals surface area contributed by atoms with Crippen molar-refractivity contribution in [2.24, 2.45) is 11.8 Å². The molecule has 1 aliphatic rings. The van der Waals surface area contributed by atoms with E-state index in [2.05, 4.69) is 32.9 Å². The minimum atomic E-state index is -0.288. The minimum Gasteiger partial charge on any atom is -0.126 e. The standard InChI is InChI=1S/C19H33Cl3/c1-4-7-10-17-18(21,12-8-5-2)14-11-16(15-20)19(17,22)13-9-6-3/h11,14,16-17H,4-10,12-13,15H2,1-3H3. The zero-order chi connectivity index (χ0) is 16.6. The molecule has 0 N–H and O–H groups in total. The van der Waals surface area contributed by atoms with Crippen molar-refractivity contribution >= 4 is 34.8 Å². The van der Waals surface area contributed by atoms with Gasteiger partial charge in [0, 0.05) is 17.7 Å². The Balaban J connectivity index is 3.11. The van der Waals surface area contributed by atoms with Gasteiger partial charge in [-0.25, -0.2) is 0 Å². The van der Waals surface area contributed by atoms with E-state index in [1.807, 2.05) is 0 Å². The predicted octanol–water partition coefficient (Wildman–Crippen LogP) is 7.55. The van der Waals surface area contributed by atoms with Gasteiger partial charge in [-0.05, 0) is 19.3 Å². The third-order valence-electron chi connectivity index (χ3n) is 5.22. The van der Waals surface area contributed by atoms with Gasteiger partial charge in [-0.2, -0.15) is 0 Å². The quantitative estimate of drug-likeness (QED) is 0.276. The van der Waals surface area contributed by atoms with Gasteiger partial charge in [0.15, 0.2) is 0 Å². The summed E-state index contributed by atoms with van der Waals surface area (Å²) in [7, 11) is 0. The van der Waals surface area contributed by atoms with Gasteiger partial charge >= 0.3 is 0 Å². The second-order valence-corrected chi connectivity index (χ2v) is 8.59. The highest BCUT2D eigenvalue weighted by atomic mass is 35.5. The van der Waals surface area contributed by atoms with Gasteiger partial charge in [0.1, 0.15) is 0 Å². The van der Waals surface area contributed by atoms with Crippen LogP contribution < -0.4 is 0 Å². The maximum atomic E-state index is 7.26. The molecule has 0 aromatic heterocycles. The lowest BCUT2D eigenvalue weighted by Gasteiger charge is -2.50. The highest BCUT2D eigenvalue weighted by Gasteiger charge is 2.52. The van der Waals surface area contributed by atoms with Gasteiger partial charge in [0.2, 0.25) is 0 Å². The molecule has 0 saturated heterocycles. The van der Waals surface area contributed by atoms with Crippen molar-refractivity contribution in [3.8, 4) is 0 Å². The molecule has 0 nitrogen and oxygen atoms in total. The van der Waals surface area contributed by atoms with E-state index < -0.39 is 0 Å². The number of allylic oxidation sites excluding steroid dienone is 2. The van der Waals surface area contributed by atoms with Crippen molar-refractivity contribution in [1.82, 2.24) is 0 Å². The van der Waals surface area contributed by atoms with Crippen LogP contribution in [-0.2, 0) is 0 Å². The van der Waals surface area contributed by atoms with E-state index in [0.29, 0.717) is 11.8 Å². The third kappa shape index (κ3) is 4.81. The molecule has 4 unspecified atom stereocenters. The monoisotopic (exact) mass is 366 g/mol. The first-order chi connectivity index (χ1) is 10.5. The topological polar surface area (TPSA) is 0 Å². The molecule has 0 fully saturated rings. The Morgan fingerprint density at radius 2 is 1.50 bits per heavy atom. The molecular weight excluding hydrogens is 335 g/mol. The zero-order valence-electron chi connectivity index (χ0n) is 14.5. The summed E-state index contributed by atoms with van der Waals surface area (Å²) < 4.78 is 0. The van der Waals surface area contributed by atoms with E-state index in [4.69, 9.17) is 34.8 Å². The van der Waals surface area contributed by atoms with Gasteiger partial charge in [0.25, 0.3) is 0 Å². The first-order valence-corrected chi connectivity index (χ1v) is 10.4. The van der Waals surface area contributed by atoms with Crippen LogP contribution in [0.2, 0.25) is 0 Å². The molecule has 0 aliphatic heterocycles. The maximum Gasteiger partial charge on any atom is 0.0671 e. The smallest absolute Gasteiger partial charge is 0.0671 e. The van der Waals surface area contributed by atoms with Crippen molar-refractivity contribution < 1.29 is 0 Å². The molecule has 0 aromatic carbocycles. The summed E-state index contributed by atoms with van der Waals surface area (Å²) in [5.41, 5.74) is 0. The largest absolute Gasteiger partial charge is 0.126 e. The molecular formula is C19H33Cl3. The van der Waals surface area contributed by atoms with Crippen molar-refractivity contribution in [3.63, 3.8) is 0 Å². The molecule has 3 heteroatoms. The van der Waals surface area contributed by atoms with Gasteiger partial charge in [-0.3, -0.25) is 0 Å². The SMILES string of the molecule is CCCCC1C(Cl)(CCCC)C=CC(CCl)C1(Cl)CCCC. The number of rotatable bonds is 10. The first kappa shape index (κ1) is 20.7. The summed E-state index contributed by atoms with van der Waals surface area (Å²) in [5.74, 6) is 1.14. The molecule has 0 aromatic rings. The molecule has 4 atom stereocenters. The van der Waals surface area contributed by atoms with Crippen LogP contribution in [0.5, 0.6) is 0 Å². The van der Waals surface area contributed by atoms with Crippen LogP contribution in [-0.4, -0.2) is 15.6 Å². The van der Waals surface area contributed by atoms with Crippen molar-refractivity contribution in [1.29, 1.82) is 0 Å². The number of alkyl halides is 3. The van der Waals surface area contributed by atoms with Crippen LogP contribution in [0.25, 0.3) is 0 Å². The van der Waals surface area contributed by atoms with E-state index in [-0.39, 0.29) is 15.7 Å². The van der Waals surface area contributed by atoms with Crippen LogP contribution >= 0.6 is 34.8 Å². The molecule has 130 valence electrons.